The topological polar surface area (TPSA) is 30.5 Å². The minimum Gasteiger partial charge on any atom is -0.454 e. The van der Waals surface area contributed by atoms with E-state index in [4.69, 9.17) is 21.1 Å². The molecule has 1 unspecified atom stereocenters. The summed E-state index contributed by atoms with van der Waals surface area (Å²) < 4.78 is 10.6. The molecule has 0 bridgehead atoms. The van der Waals surface area contributed by atoms with Gasteiger partial charge in [0.25, 0.3) is 0 Å². The van der Waals surface area contributed by atoms with E-state index in [-0.39, 0.29) is 6.79 Å². The van der Waals surface area contributed by atoms with Crippen molar-refractivity contribution in [2.45, 2.75) is 5.37 Å². The van der Waals surface area contributed by atoms with Gasteiger partial charge in [0.1, 0.15) is 0 Å². The van der Waals surface area contributed by atoms with Gasteiger partial charge in [0.05, 0.1) is 10.4 Å². The van der Waals surface area contributed by atoms with E-state index in [1.54, 1.807) is 0 Å². The first-order valence-electron chi connectivity index (χ1n) is 4.78. The summed E-state index contributed by atoms with van der Waals surface area (Å²) in [4.78, 5) is 0. The van der Waals surface area contributed by atoms with Gasteiger partial charge in [-0.1, -0.05) is 11.6 Å². The molecule has 1 saturated heterocycles. The van der Waals surface area contributed by atoms with E-state index in [1.165, 1.54) is 0 Å². The minimum atomic E-state index is 0.268. The van der Waals surface area contributed by atoms with Crippen molar-refractivity contribution in [2.75, 3.05) is 19.1 Å². The van der Waals surface area contributed by atoms with Crippen LogP contribution in [-0.4, -0.2) is 19.1 Å². The van der Waals surface area contributed by atoms with E-state index >= 15 is 0 Å². The van der Waals surface area contributed by atoms with E-state index in [0.717, 1.165) is 23.6 Å². The Morgan fingerprint density at radius 2 is 2.33 bits per heavy atom. The predicted octanol–water partition coefficient (Wildman–Crippen LogP) is 2.40. The fourth-order valence-electron chi connectivity index (χ4n) is 1.78. The molecule has 3 rings (SSSR count). The second-order valence-corrected chi connectivity index (χ2v) is 5.06. The van der Waals surface area contributed by atoms with Crippen LogP contribution in [0.15, 0.2) is 12.1 Å². The first-order valence-corrected chi connectivity index (χ1v) is 6.21. The third-order valence-electron chi connectivity index (χ3n) is 2.47. The highest BCUT2D eigenvalue weighted by atomic mass is 35.5. The van der Waals surface area contributed by atoms with Gasteiger partial charge in [-0.05, 0) is 17.7 Å². The third-order valence-corrected chi connectivity index (χ3v) is 3.96. The van der Waals surface area contributed by atoms with Crippen molar-refractivity contribution in [3.8, 4) is 11.5 Å². The lowest BCUT2D eigenvalue weighted by Crippen LogP contribution is -2.11. The Bertz CT molecular complexity index is 393. The van der Waals surface area contributed by atoms with Gasteiger partial charge >= 0.3 is 0 Å². The molecule has 2 aliphatic rings. The smallest absolute Gasteiger partial charge is 0.231 e. The first-order chi connectivity index (χ1) is 7.34. The maximum atomic E-state index is 6.11. The van der Waals surface area contributed by atoms with Crippen LogP contribution >= 0.6 is 23.4 Å². The molecule has 1 N–H and O–H groups in total. The van der Waals surface area contributed by atoms with Crippen LogP contribution in [0.5, 0.6) is 11.5 Å². The van der Waals surface area contributed by atoms with Gasteiger partial charge in [-0.25, -0.2) is 0 Å². The first kappa shape index (κ1) is 9.63. The van der Waals surface area contributed by atoms with Gasteiger partial charge in [-0.15, -0.1) is 11.8 Å². The normalized spacial score (nSPS) is 23.4. The zero-order valence-electron chi connectivity index (χ0n) is 7.96. The Hall–Kier alpha value is -0.580. The van der Waals surface area contributed by atoms with Crippen LogP contribution in [0.4, 0.5) is 0 Å². The lowest BCUT2D eigenvalue weighted by Gasteiger charge is -2.11. The molecule has 5 heteroatoms. The van der Waals surface area contributed by atoms with Gasteiger partial charge in [0, 0.05) is 12.3 Å². The summed E-state index contributed by atoms with van der Waals surface area (Å²) >= 11 is 7.99. The van der Waals surface area contributed by atoms with Crippen LogP contribution in [0.3, 0.4) is 0 Å². The van der Waals surface area contributed by atoms with Crippen LogP contribution in [0.1, 0.15) is 10.9 Å². The number of hydrogen-bond donors (Lipinski definition) is 1. The Morgan fingerprint density at radius 1 is 1.40 bits per heavy atom. The second kappa shape index (κ2) is 3.77. The SMILES string of the molecule is Clc1cc(C2NCCS2)cc2c1OCO2. The van der Waals surface area contributed by atoms with Gasteiger partial charge in [-0.2, -0.15) is 0 Å². The van der Waals surface area contributed by atoms with Crippen LogP contribution in [0.2, 0.25) is 5.02 Å². The fourth-order valence-corrected chi connectivity index (χ4v) is 3.09. The molecule has 1 aromatic carbocycles. The summed E-state index contributed by atoms with van der Waals surface area (Å²) in [6.45, 7) is 1.31. The molecule has 0 radical (unpaired) electrons. The van der Waals surface area contributed by atoms with E-state index in [0.29, 0.717) is 16.1 Å². The summed E-state index contributed by atoms with van der Waals surface area (Å²) in [5.74, 6) is 2.56. The molecule has 2 aliphatic heterocycles. The Kier molecular flexibility index (Phi) is 2.42. The molecular weight excluding hydrogens is 234 g/mol. The molecule has 1 fully saturated rings. The second-order valence-electron chi connectivity index (χ2n) is 3.44. The summed E-state index contributed by atoms with van der Waals surface area (Å²) in [7, 11) is 0. The largest absolute Gasteiger partial charge is 0.454 e. The van der Waals surface area contributed by atoms with Crippen LogP contribution in [-0.2, 0) is 0 Å². The van der Waals surface area contributed by atoms with E-state index in [2.05, 4.69) is 5.32 Å². The quantitative estimate of drug-likeness (QED) is 0.821. The molecule has 1 aromatic rings. The van der Waals surface area contributed by atoms with Crippen molar-refractivity contribution in [3.05, 3.63) is 22.7 Å². The molecule has 3 nitrogen and oxygen atoms in total. The number of ether oxygens (including phenoxy) is 2. The number of fused-ring (bicyclic) bond motifs is 1. The maximum Gasteiger partial charge on any atom is 0.231 e. The molecule has 80 valence electrons. The summed E-state index contributed by atoms with van der Waals surface area (Å²) in [5.41, 5.74) is 1.16. The van der Waals surface area contributed by atoms with Gasteiger partial charge in [0.2, 0.25) is 6.79 Å². The van der Waals surface area contributed by atoms with Crippen molar-refractivity contribution in [2.24, 2.45) is 0 Å². The predicted molar refractivity (Wildman–Crippen MR) is 60.8 cm³/mol. The van der Waals surface area contributed by atoms with E-state index in [9.17, 15) is 0 Å². The van der Waals surface area contributed by atoms with E-state index < -0.39 is 0 Å². The number of rotatable bonds is 1. The molecule has 0 saturated carbocycles. The molecule has 0 aromatic heterocycles. The summed E-state index contributed by atoms with van der Waals surface area (Å²) in [6.07, 6.45) is 0. The van der Waals surface area contributed by atoms with Gasteiger partial charge in [0.15, 0.2) is 11.5 Å². The van der Waals surface area contributed by atoms with Crippen LogP contribution < -0.4 is 14.8 Å². The Labute approximate surface area is 97.1 Å². The zero-order valence-corrected chi connectivity index (χ0v) is 9.53. The minimum absolute atomic E-state index is 0.268. The molecule has 0 spiro atoms. The molecule has 1 atom stereocenters. The van der Waals surface area contributed by atoms with Crippen molar-refractivity contribution in [1.29, 1.82) is 0 Å². The van der Waals surface area contributed by atoms with Gasteiger partial charge in [-0.3, -0.25) is 0 Å². The Balaban J connectivity index is 1.99. The highest BCUT2D eigenvalue weighted by Crippen LogP contribution is 2.43. The van der Waals surface area contributed by atoms with Crippen LogP contribution in [0.25, 0.3) is 0 Å². The zero-order chi connectivity index (χ0) is 10.3. The monoisotopic (exact) mass is 243 g/mol. The molecule has 2 heterocycles. The molecule has 0 amide bonds. The lowest BCUT2D eigenvalue weighted by molar-refractivity contribution is 0.174. The molecular formula is C10H10ClNO2S. The van der Waals surface area contributed by atoms with Crippen LogP contribution in [0, 0.1) is 0 Å². The highest BCUT2D eigenvalue weighted by Gasteiger charge is 2.23. The van der Waals surface area contributed by atoms with Crippen molar-refractivity contribution < 1.29 is 9.47 Å². The van der Waals surface area contributed by atoms with Gasteiger partial charge < -0.3 is 14.8 Å². The lowest BCUT2D eigenvalue weighted by atomic mass is 10.2. The summed E-state index contributed by atoms with van der Waals surface area (Å²) in [6, 6.07) is 3.95. The average molecular weight is 244 g/mol. The molecule has 0 aliphatic carbocycles. The van der Waals surface area contributed by atoms with Crippen molar-refractivity contribution in [3.63, 3.8) is 0 Å². The Morgan fingerprint density at radius 3 is 3.13 bits per heavy atom. The fraction of sp³-hybridized carbons (Fsp3) is 0.400. The summed E-state index contributed by atoms with van der Waals surface area (Å²) in [5, 5.41) is 4.36. The third kappa shape index (κ3) is 1.67. The maximum absolute atomic E-state index is 6.11. The number of halogens is 1. The van der Waals surface area contributed by atoms with Crippen molar-refractivity contribution in [1.82, 2.24) is 5.32 Å². The number of nitrogens with one attached hydrogen (secondary N) is 1. The number of hydrogen-bond acceptors (Lipinski definition) is 4. The highest BCUT2D eigenvalue weighted by molar-refractivity contribution is 7.99. The van der Waals surface area contributed by atoms with E-state index in [1.807, 2.05) is 23.9 Å². The molecule has 15 heavy (non-hydrogen) atoms. The average Bonchev–Trinajstić information content (AvgIpc) is 2.88. The van der Waals surface area contributed by atoms with Crippen molar-refractivity contribution >= 4 is 23.4 Å². The number of thioether (sulfide) groups is 1. The standard InChI is InChI=1S/C10H10ClNO2S/c11-7-3-6(10-12-1-2-15-10)4-8-9(7)14-5-13-8/h3-4,10,12H,1-2,5H2. The number of benzene rings is 1.